The van der Waals surface area contributed by atoms with Crippen molar-refractivity contribution in [2.24, 2.45) is 5.41 Å². The molecule has 0 bridgehead atoms. The van der Waals surface area contributed by atoms with Gasteiger partial charge in [0.25, 0.3) is 0 Å². The van der Waals surface area contributed by atoms with Gasteiger partial charge in [-0.2, -0.15) is 11.8 Å². The molecule has 0 radical (unpaired) electrons. The normalized spacial score (nSPS) is 25.1. The van der Waals surface area contributed by atoms with Crippen molar-refractivity contribution in [1.29, 1.82) is 0 Å². The van der Waals surface area contributed by atoms with E-state index in [2.05, 4.69) is 10.6 Å². The summed E-state index contributed by atoms with van der Waals surface area (Å²) >= 11 is 1.70. The molecule has 0 aliphatic carbocycles. The first-order valence-corrected chi connectivity index (χ1v) is 7.63. The third kappa shape index (κ3) is 5.34. The van der Waals surface area contributed by atoms with Gasteiger partial charge in [0.05, 0.1) is 5.41 Å². The molecule has 108 valence electrons. The highest BCUT2D eigenvalue weighted by Gasteiger charge is 2.35. The minimum atomic E-state index is -0.287. The lowest BCUT2D eigenvalue weighted by Gasteiger charge is -2.34. The van der Waals surface area contributed by atoms with Gasteiger partial charge in [-0.1, -0.05) is 0 Å². The molecule has 18 heavy (non-hydrogen) atoms. The topological polar surface area (TPSA) is 61.4 Å². The van der Waals surface area contributed by atoms with E-state index in [9.17, 15) is 4.79 Å². The number of hydrogen-bond acceptors (Lipinski definition) is 4. The molecule has 0 aromatic carbocycles. The molecule has 1 saturated heterocycles. The van der Waals surface area contributed by atoms with Crippen LogP contribution in [0.1, 0.15) is 26.2 Å². The second kappa shape index (κ2) is 9.02. The number of aliphatic hydroxyl groups is 1. The van der Waals surface area contributed by atoms with Crippen LogP contribution in [0, 0.1) is 5.41 Å². The van der Waals surface area contributed by atoms with Crippen LogP contribution in [0.3, 0.4) is 0 Å². The highest BCUT2D eigenvalue weighted by Crippen LogP contribution is 2.25. The zero-order valence-electron chi connectivity index (χ0n) is 11.2. The van der Waals surface area contributed by atoms with Crippen molar-refractivity contribution < 1.29 is 9.90 Å². The van der Waals surface area contributed by atoms with Gasteiger partial charge in [-0.05, 0) is 39.0 Å². The maximum Gasteiger partial charge on any atom is 0.227 e. The summed E-state index contributed by atoms with van der Waals surface area (Å²) in [7, 11) is 0. The quantitative estimate of drug-likeness (QED) is 0.685. The summed E-state index contributed by atoms with van der Waals surface area (Å²) in [4.78, 5) is 12.2. The highest BCUT2D eigenvalue weighted by molar-refractivity contribution is 7.98. The van der Waals surface area contributed by atoms with E-state index in [1.165, 1.54) is 0 Å². The second-order valence-corrected chi connectivity index (χ2v) is 5.89. The van der Waals surface area contributed by atoms with E-state index >= 15 is 0 Å². The molecule has 0 saturated carbocycles. The Bertz CT molecular complexity index is 242. The van der Waals surface area contributed by atoms with Gasteiger partial charge in [-0.25, -0.2) is 0 Å². The van der Waals surface area contributed by atoms with Crippen molar-refractivity contribution >= 4 is 30.1 Å². The molecule has 0 aromatic rings. The number of carbonyl (C=O) groups is 1. The predicted molar refractivity (Wildman–Crippen MR) is 79.5 cm³/mol. The molecule has 4 nitrogen and oxygen atoms in total. The Hall–Kier alpha value is 0.0300. The lowest BCUT2D eigenvalue weighted by Crippen LogP contribution is -2.51. The summed E-state index contributed by atoms with van der Waals surface area (Å²) in [5.74, 6) is 0.979. The largest absolute Gasteiger partial charge is 0.396 e. The van der Waals surface area contributed by atoms with Crippen LogP contribution in [-0.2, 0) is 4.79 Å². The Morgan fingerprint density at radius 1 is 1.61 bits per heavy atom. The molecular weight excluding hydrogens is 272 g/mol. The van der Waals surface area contributed by atoms with E-state index in [0.29, 0.717) is 6.42 Å². The van der Waals surface area contributed by atoms with Crippen molar-refractivity contribution in [2.75, 3.05) is 31.7 Å². The van der Waals surface area contributed by atoms with Gasteiger partial charge in [-0.15, -0.1) is 12.4 Å². The summed E-state index contributed by atoms with van der Waals surface area (Å²) in [5.41, 5.74) is -0.287. The number of amides is 1. The number of piperidine rings is 1. The molecule has 0 spiro atoms. The molecule has 1 rings (SSSR count). The molecule has 1 aliphatic rings. The first-order valence-electron chi connectivity index (χ1n) is 6.24. The minimum Gasteiger partial charge on any atom is -0.396 e. The number of hydrogen-bond donors (Lipinski definition) is 3. The van der Waals surface area contributed by atoms with E-state index < -0.39 is 0 Å². The Morgan fingerprint density at radius 2 is 2.33 bits per heavy atom. The summed E-state index contributed by atoms with van der Waals surface area (Å²) in [6, 6.07) is 0.0845. The van der Waals surface area contributed by atoms with Crippen molar-refractivity contribution in [3.8, 4) is 0 Å². The fourth-order valence-electron chi connectivity index (χ4n) is 2.16. The van der Waals surface area contributed by atoms with Gasteiger partial charge < -0.3 is 15.7 Å². The van der Waals surface area contributed by atoms with Crippen LogP contribution in [0.25, 0.3) is 0 Å². The Kier molecular flexibility index (Phi) is 9.03. The Balaban J connectivity index is 0.00000289. The first-order chi connectivity index (χ1) is 8.12. The van der Waals surface area contributed by atoms with Gasteiger partial charge in [0.15, 0.2) is 0 Å². The monoisotopic (exact) mass is 296 g/mol. The number of halogens is 1. The highest BCUT2D eigenvalue weighted by atomic mass is 35.5. The van der Waals surface area contributed by atoms with Crippen LogP contribution in [0.4, 0.5) is 0 Å². The standard InChI is InChI=1S/C12H24N2O2S.ClH/c1-12(5-3-6-13-9-12)11(16)14-10(4-7-15)8-17-2;/h10,13,15H,3-9H2,1-2H3,(H,14,16);1H. The lowest BCUT2D eigenvalue weighted by molar-refractivity contribution is -0.131. The van der Waals surface area contributed by atoms with Gasteiger partial charge >= 0.3 is 0 Å². The SMILES string of the molecule is CSCC(CCO)NC(=O)C1(C)CCCNC1.Cl. The predicted octanol–water partition coefficient (Wildman–Crippen LogP) is 1.03. The molecule has 0 aromatic heterocycles. The van der Waals surface area contributed by atoms with Crippen molar-refractivity contribution in [3.05, 3.63) is 0 Å². The van der Waals surface area contributed by atoms with E-state index in [-0.39, 0.29) is 36.4 Å². The number of rotatable bonds is 6. The fraction of sp³-hybridized carbons (Fsp3) is 0.917. The maximum atomic E-state index is 12.2. The van der Waals surface area contributed by atoms with Crippen molar-refractivity contribution in [1.82, 2.24) is 10.6 Å². The average molecular weight is 297 g/mol. The Morgan fingerprint density at radius 3 is 2.83 bits per heavy atom. The third-order valence-corrected chi connectivity index (χ3v) is 4.06. The van der Waals surface area contributed by atoms with Crippen LogP contribution in [0.2, 0.25) is 0 Å². The second-order valence-electron chi connectivity index (χ2n) is 4.98. The van der Waals surface area contributed by atoms with E-state index in [4.69, 9.17) is 5.11 Å². The van der Waals surface area contributed by atoms with Crippen LogP contribution < -0.4 is 10.6 Å². The molecule has 1 heterocycles. The number of nitrogens with one attached hydrogen (secondary N) is 2. The van der Waals surface area contributed by atoms with E-state index in [1.807, 2.05) is 13.2 Å². The molecule has 3 N–H and O–H groups in total. The summed E-state index contributed by atoms with van der Waals surface area (Å²) in [6.07, 6.45) is 4.64. The van der Waals surface area contributed by atoms with Gasteiger partial charge in [0.1, 0.15) is 0 Å². The smallest absolute Gasteiger partial charge is 0.227 e. The van der Waals surface area contributed by atoms with Crippen molar-refractivity contribution in [3.63, 3.8) is 0 Å². The molecule has 2 unspecified atom stereocenters. The Labute approximate surface area is 120 Å². The van der Waals surface area contributed by atoms with Crippen LogP contribution in [0.5, 0.6) is 0 Å². The van der Waals surface area contributed by atoms with Crippen LogP contribution in [0.15, 0.2) is 0 Å². The van der Waals surface area contributed by atoms with E-state index in [0.717, 1.165) is 31.7 Å². The van der Waals surface area contributed by atoms with Gasteiger partial charge in [0, 0.05) is 24.9 Å². The molecule has 1 aliphatic heterocycles. The number of aliphatic hydroxyl groups excluding tert-OH is 1. The van der Waals surface area contributed by atoms with Gasteiger partial charge in [-0.3, -0.25) is 4.79 Å². The van der Waals surface area contributed by atoms with Crippen LogP contribution >= 0.6 is 24.2 Å². The number of carbonyl (C=O) groups excluding carboxylic acids is 1. The minimum absolute atomic E-state index is 0. The summed E-state index contributed by atoms with van der Waals surface area (Å²) in [6.45, 7) is 3.90. The van der Waals surface area contributed by atoms with E-state index in [1.54, 1.807) is 11.8 Å². The van der Waals surface area contributed by atoms with Crippen LogP contribution in [-0.4, -0.2) is 48.8 Å². The van der Waals surface area contributed by atoms with Gasteiger partial charge in [0.2, 0.25) is 5.91 Å². The average Bonchev–Trinajstić information content (AvgIpc) is 2.30. The molecule has 1 fully saturated rings. The zero-order chi connectivity index (χ0) is 12.7. The molecular formula is C12H25ClN2O2S. The molecule has 2 atom stereocenters. The van der Waals surface area contributed by atoms with Crippen molar-refractivity contribution in [2.45, 2.75) is 32.2 Å². The molecule has 6 heteroatoms. The summed E-state index contributed by atoms with van der Waals surface area (Å²) < 4.78 is 0. The maximum absolute atomic E-state index is 12.2. The lowest BCUT2D eigenvalue weighted by atomic mass is 9.81. The zero-order valence-corrected chi connectivity index (χ0v) is 12.8. The number of thioether (sulfide) groups is 1. The third-order valence-electron chi connectivity index (χ3n) is 3.33. The fourth-order valence-corrected chi connectivity index (χ4v) is 2.82. The molecule has 1 amide bonds. The summed E-state index contributed by atoms with van der Waals surface area (Å²) in [5, 5.41) is 15.3. The first kappa shape index (κ1) is 18.0.